The number of urea groups is 1. The van der Waals surface area contributed by atoms with Gasteiger partial charge in [0.05, 0.1) is 0 Å². The van der Waals surface area contributed by atoms with E-state index in [2.05, 4.69) is 10.6 Å². The molecule has 1 unspecified atom stereocenters. The van der Waals surface area contributed by atoms with Crippen molar-refractivity contribution in [3.05, 3.63) is 29.8 Å². The lowest BCUT2D eigenvalue weighted by molar-refractivity contribution is -0.123. The zero-order valence-electron chi connectivity index (χ0n) is 10.2. The van der Waals surface area contributed by atoms with Crippen LogP contribution in [0.1, 0.15) is 26.3 Å². The van der Waals surface area contributed by atoms with Crippen molar-refractivity contribution in [2.45, 2.75) is 26.3 Å². The maximum Gasteiger partial charge on any atom is 0.322 e. The molecule has 0 bridgehead atoms. The molecular weight excluding hydrogens is 218 g/mol. The van der Waals surface area contributed by atoms with Gasteiger partial charge in [0, 0.05) is 5.69 Å². The maximum absolute atomic E-state index is 11.6. The van der Waals surface area contributed by atoms with Gasteiger partial charge >= 0.3 is 6.03 Å². The van der Waals surface area contributed by atoms with Crippen LogP contribution in [0.25, 0.3) is 0 Å². The van der Waals surface area contributed by atoms with E-state index in [4.69, 9.17) is 5.73 Å². The van der Waals surface area contributed by atoms with Gasteiger partial charge in [-0.15, -0.1) is 0 Å². The Labute approximate surface area is 100 Å². The second-order valence-corrected chi connectivity index (χ2v) is 3.66. The summed E-state index contributed by atoms with van der Waals surface area (Å²) >= 11 is 0. The quantitative estimate of drug-likeness (QED) is 0.507. The van der Waals surface area contributed by atoms with Gasteiger partial charge in [-0.05, 0) is 24.6 Å². The number of amides is 3. The highest BCUT2D eigenvalue weighted by Gasteiger charge is 2.43. The summed E-state index contributed by atoms with van der Waals surface area (Å²) in [5.74, 6) is -0.350. The van der Waals surface area contributed by atoms with Crippen LogP contribution in [-0.4, -0.2) is 11.9 Å². The molecule has 17 heavy (non-hydrogen) atoms. The van der Waals surface area contributed by atoms with Gasteiger partial charge in [-0.2, -0.15) is 0 Å². The summed E-state index contributed by atoms with van der Waals surface area (Å²) in [7, 11) is 0. The molecule has 0 spiro atoms. The van der Waals surface area contributed by atoms with Crippen molar-refractivity contribution in [1.29, 1.82) is 0 Å². The van der Waals surface area contributed by atoms with Crippen molar-refractivity contribution >= 4 is 17.6 Å². The van der Waals surface area contributed by atoms with Crippen LogP contribution in [0.4, 0.5) is 10.5 Å². The first-order valence-corrected chi connectivity index (χ1v) is 5.52. The number of imide groups is 1. The molecule has 1 aromatic carbocycles. The Kier molecular flexibility index (Phi) is 3.73. The van der Waals surface area contributed by atoms with Gasteiger partial charge in [-0.3, -0.25) is 10.1 Å². The van der Waals surface area contributed by atoms with Gasteiger partial charge in [-0.25, -0.2) is 4.79 Å². The van der Waals surface area contributed by atoms with E-state index in [9.17, 15) is 9.59 Å². The molecule has 1 aliphatic heterocycles. The van der Waals surface area contributed by atoms with Gasteiger partial charge in [0.25, 0.3) is 5.91 Å². The normalized spacial score (nSPS) is 22.3. The van der Waals surface area contributed by atoms with Crippen LogP contribution in [0.5, 0.6) is 0 Å². The van der Waals surface area contributed by atoms with Crippen molar-refractivity contribution < 1.29 is 9.59 Å². The first-order valence-electron chi connectivity index (χ1n) is 5.52. The second-order valence-electron chi connectivity index (χ2n) is 3.66. The predicted octanol–water partition coefficient (Wildman–Crippen LogP) is 1.35. The maximum atomic E-state index is 11.6. The summed E-state index contributed by atoms with van der Waals surface area (Å²) in [5, 5.41) is 4.78. The third-order valence-corrected chi connectivity index (χ3v) is 2.53. The van der Waals surface area contributed by atoms with Crippen LogP contribution in [0.15, 0.2) is 24.3 Å². The van der Waals surface area contributed by atoms with E-state index >= 15 is 0 Å². The zero-order valence-corrected chi connectivity index (χ0v) is 10.2. The minimum Gasteiger partial charge on any atom is -0.399 e. The Morgan fingerprint density at radius 1 is 1.12 bits per heavy atom. The summed E-state index contributed by atoms with van der Waals surface area (Å²) in [6.07, 6.45) is 0. The van der Waals surface area contributed by atoms with Gasteiger partial charge in [0.1, 0.15) is 5.54 Å². The van der Waals surface area contributed by atoms with E-state index < -0.39 is 11.6 Å². The molecule has 0 radical (unpaired) electrons. The summed E-state index contributed by atoms with van der Waals surface area (Å²) < 4.78 is 0. The zero-order chi connectivity index (χ0) is 13.1. The van der Waals surface area contributed by atoms with Gasteiger partial charge < -0.3 is 11.1 Å². The monoisotopic (exact) mass is 235 g/mol. The van der Waals surface area contributed by atoms with Crippen LogP contribution in [0.3, 0.4) is 0 Å². The average Bonchev–Trinajstić information content (AvgIpc) is 2.57. The van der Waals surface area contributed by atoms with Crippen LogP contribution in [-0.2, 0) is 10.3 Å². The van der Waals surface area contributed by atoms with E-state index in [1.165, 1.54) is 0 Å². The van der Waals surface area contributed by atoms with E-state index in [0.717, 1.165) is 0 Å². The predicted molar refractivity (Wildman–Crippen MR) is 66.2 cm³/mol. The van der Waals surface area contributed by atoms with E-state index in [1.54, 1.807) is 31.2 Å². The molecule has 1 saturated heterocycles. The number of carbonyl (C=O) groups is 2. The number of nitrogen functional groups attached to an aromatic ring is 1. The third kappa shape index (κ3) is 2.38. The summed E-state index contributed by atoms with van der Waals surface area (Å²) in [6.45, 7) is 5.65. The Morgan fingerprint density at radius 2 is 1.65 bits per heavy atom. The highest BCUT2D eigenvalue weighted by atomic mass is 16.2. The molecule has 3 amide bonds. The topological polar surface area (TPSA) is 84.2 Å². The fourth-order valence-corrected chi connectivity index (χ4v) is 1.56. The lowest BCUT2D eigenvalue weighted by Gasteiger charge is -2.20. The van der Waals surface area contributed by atoms with Crippen molar-refractivity contribution in [1.82, 2.24) is 10.6 Å². The number of benzene rings is 1. The number of nitrogens with one attached hydrogen (secondary N) is 2. The Bertz CT molecular complexity index is 428. The fourth-order valence-electron chi connectivity index (χ4n) is 1.56. The van der Waals surface area contributed by atoms with Crippen LogP contribution in [0, 0.1) is 0 Å². The Balaban J connectivity index is 0.000000686. The second kappa shape index (κ2) is 4.86. The van der Waals surface area contributed by atoms with E-state index in [-0.39, 0.29) is 5.91 Å². The largest absolute Gasteiger partial charge is 0.399 e. The van der Waals surface area contributed by atoms with Crippen molar-refractivity contribution in [3.63, 3.8) is 0 Å². The third-order valence-electron chi connectivity index (χ3n) is 2.53. The molecule has 1 fully saturated rings. The molecular formula is C12H17N3O2. The van der Waals surface area contributed by atoms with Gasteiger partial charge in [0.2, 0.25) is 0 Å². The van der Waals surface area contributed by atoms with Crippen LogP contribution < -0.4 is 16.4 Å². The first kappa shape index (κ1) is 13.0. The Hall–Kier alpha value is -2.04. The highest BCUT2D eigenvalue weighted by Crippen LogP contribution is 2.24. The molecule has 0 aliphatic carbocycles. The Morgan fingerprint density at radius 3 is 2.06 bits per heavy atom. The minimum absolute atomic E-state index is 0.350. The number of carbonyl (C=O) groups excluding carboxylic acids is 2. The number of hydrogen-bond donors (Lipinski definition) is 3. The van der Waals surface area contributed by atoms with Crippen molar-refractivity contribution in [2.75, 3.05) is 5.73 Å². The number of rotatable bonds is 1. The molecule has 1 heterocycles. The molecule has 1 atom stereocenters. The van der Waals surface area contributed by atoms with Gasteiger partial charge in [0.15, 0.2) is 0 Å². The molecule has 4 N–H and O–H groups in total. The lowest BCUT2D eigenvalue weighted by atomic mass is 9.92. The molecule has 5 heteroatoms. The average molecular weight is 235 g/mol. The first-order chi connectivity index (χ1) is 8.02. The summed E-state index contributed by atoms with van der Waals surface area (Å²) in [6, 6.07) is 6.36. The summed E-state index contributed by atoms with van der Waals surface area (Å²) in [5.41, 5.74) is 5.87. The van der Waals surface area contributed by atoms with E-state index in [0.29, 0.717) is 11.3 Å². The molecule has 92 valence electrons. The molecule has 5 nitrogen and oxygen atoms in total. The molecule has 0 aromatic heterocycles. The number of nitrogens with two attached hydrogens (primary N) is 1. The molecule has 0 saturated carbocycles. The van der Waals surface area contributed by atoms with Gasteiger partial charge in [-0.1, -0.05) is 26.0 Å². The summed E-state index contributed by atoms with van der Waals surface area (Å²) in [4.78, 5) is 22.6. The number of anilines is 1. The van der Waals surface area contributed by atoms with Crippen molar-refractivity contribution in [3.8, 4) is 0 Å². The standard InChI is InChI=1S/C10H11N3O2.C2H6/c1-10(8(14)12-9(15)13-10)6-2-4-7(11)5-3-6;1-2/h2-5H,11H2,1H3,(H2,12,13,14,15);1-2H3. The van der Waals surface area contributed by atoms with Crippen molar-refractivity contribution in [2.24, 2.45) is 0 Å². The molecule has 2 rings (SSSR count). The highest BCUT2D eigenvalue weighted by molar-refractivity contribution is 6.07. The molecule has 1 aromatic rings. The lowest BCUT2D eigenvalue weighted by Crippen LogP contribution is -2.40. The smallest absolute Gasteiger partial charge is 0.322 e. The molecule has 1 aliphatic rings. The number of hydrogen-bond acceptors (Lipinski definition) is 3. The SMILES string of the molecule is CC.CC1(c2ccc(N)cc2)NC(=O)NC1=O. The van der Waals surface area contributed by atoms with E-state index in [1.807, 2.05) is 13.8 Å². The minimum atomic E-state index is -0.995. The van der Waals surface area contributed by atoms with Crippen LogP contribution in [0.2, 0.25) is 0 Å². The van der Waals surface area contributed by atoms with Crippen LogP contribution >= 0.6 is 0 Å². The fraction of sp³-hybridized carbons (Fsp3) is 0.333.